The van der Waals surface area contributed by atoms with Crippen LogP contribution in [0.2, 0.25) is 0 Å². The Morgan fingerprint density at radius 3 is 2.56 bits per heavy atom. The van der Waals surface area contributed by atoms with Gasteiger partial charge in [0.15, 0.2) is 0 Å². The molecule has 0 aliphatic carbocycles. The molecule has 0 unspecified atom stereocenters. The first kappa shape index (κ1) is 11.2. The topological polar surface area (TPSA) is 27.0 Å². The molecule has 2 heteroatoms. The van der Waals surface area contributed by atoms with E-state index in [1.54, 1.807) is 0 Å². The molecule has 84 valence electrons. The molecule has 0 radical (unpaired) electrons. The van der Waals surface area contributed by atoms with Gasteiger partial charge in [-0.15, -0.1) is 0 Å². The average Bonchev–Trinajstić information content (AvgIpc) is 2.31. The van der Waals surface area contributed by atoms with Crippen LogP contribution in [0.15, 0.2) is 24.3 Å². The van der Waals surface area contributed by atoms with Crippen LogP contribution in [-0.2, 0) is 5.41 Å². The Hall–Kier alpha value is -1.33. The van der Waals surface area contributed by atoms with Crippen LogP contribution in [0.3, 0.4) is 0 Å². The molecule has 2 rings (SSSR count). The molecule has 0 aromatic heterocycles. The van der Waals surface area contributed by atoms with E-state index in [4.69, 9.17) is 0 Å². The fourth-order valence-corrected chi connectivity index (χ4v) is 2.41. The van der Waals surface area contributed by atoms with Crippen molar-refractivity contribution in [1.82, 2.24) is 4.90 Å². The number of hydrogen-bond acceptors (Lipinski definition) is 2. The van der Waals surface area contributed by atoms with Crippen molar-refractivity contribution in [2.45, 2.75) is 25.2 Å². The molecule has 1 fully saturated rings. The molecule has 1 aromatic carbocycles. The zero-order chi connectivity index (χ0) is 11.6. The predicted octanol–water partition coefficient (Wildman–Crippen LogP) is 2.48. The van der Waals surface area contributed by atoms with Gasteiger partial charge in [0.2, 0.25) is 0 Å². The van der Waals surface area contributed by atoms with Gasteiger partial charge in [0.05, 0.1) is 11.5 Å². The average molecular weight is 214 g/mol. The normalized spacial score (nSPS) is 20.3. The number of nitriles is 1. The number of nitrogens with zero attached hydrogens (tertiary/aromatic N) is 2. The quantitative estimate of drug-likeness (QED) is 0.718. The van der Waals surface area contributed by atoms with E-state index in [0.29, 0.717) is 0 Å². The van der Waals surface area contributed by atoms with E-state index in [-0.39, 0.29) is 5.41 Å². The Labute approximate surface area is 97.5 Å². The number of benzene rings is 1. The molecule has 1 aromatic rings. The van der Waals surface area contributed by atoms with Gasteiger partial charge < -0.3 is 4.90 Å². The third kappa shape index (κ3) is 1.96. The Bertz CT molecular complexity index is 409. The standard InChI is InChI=1S/C14H18N2/c1-12-4-3-5-13(10-12)14(11-15)6-8-16(2)9-7-14/h3-5,10H,6-9H2,1-2H3. The molecule has 0 atom stereocenters. The maximum absolute atomic E-state index is 9.50. The molecule has 0 N–H and O–H groups in total. The zero-order valence-corrected chi connectivity index (χ0v) is 10.0. The van der Waals surface area contributed by atoms with Crippen LogP contribution >= 0.6 is 0 Å². The molecule has 16 heavy (non-hydrogen) atoms. The summed E-state index contributed by atoms with van der Waals surface area (Å²) in [5.41, 5.74) is 2.19. The molecule has 2 nitrogen and oxygen atoms in total. The summed E-state index contributed by atoms with van der Waals surface area (Å²) in [6.45, 7) is 4.12. The summed E-state index contributed by atoms with van der Waals surface area (Å²) in [5, 5.41) is 9.50. The fraction of sp³-hybridized carbons (Fsp3) is 0.500. The fourth-order valence-electron chi connectivity index (χ4n) is 2.41. The summed E-state index contributed by atoms with van der Waals surface area (Å²) in [7, 11) is 2.12. The maximum Gasteiger partial charge on any atom is 0.0846 e. The lowest BCUT2D eigenvalue weighted by Crippen LogP contribution is -2.39. The van der Waals surface area contributed by atoms with Crippen molar-refractivity contribution in [3.05, 3.63) is 35.4 Å². The van der Waals surface area contributed by atoms with Crippen LogP contribution < -0.4 is 0 Å². The lowest BCUT2D eigenvalue weighted by atomic mass is 9.74. The Kier molecular flexibility index (Phi) is 2.98. The third-order valence-corrected chi connectivity index (χ3v) is 3.63. The van der Waals surface area contributed by atoms with E-state index >= 15 is 0 Å². The predicted molar refractivity (Wildman–Crippen MR) is 65.2 cm³/mol. The van der Waals surface area contributed by atoms with E-state index in [9.17, 15) is 5.26 Å². The molecule has 1 aliphatic rings. The monoisotopic (exact) mass is 214 g/mol. The zero-order valence-electron chi connectivity index (χ0n) is 10.0. The molecule has 0 amide bonds. The second-order valence-electron chi connectivity index (χ2n) is 4.87. The van der Waals surface area contributed by atoms with E-state index in [2.05, 4.69) is 49.2 Å². The largest absolute Gasteiger partial charge is 0.306 e. The van der Waals surface area contributed by atoms with Crippen LogP contribution in [0.5, 0.6) is 0 Å². The minimum absolute atomic E-state index is 0.251. The van der Waals surface area contributed by atoms with Gasteiger partial charge in [0, 0.05) is 0 Å². The first-order valence-corrected chi connectivity index (χ1v) is 5.83. The summed E-state index contributed by atoms with van der Waals surface area (Å²) in [4.78, 5) is 2.30. The van der Waals surface area contributed by atoms with Gasteiger partial charge in [-0.05, 0) is 45.5 Å². The first-order valence-electron chi connectivity index (χ1n) is 5.83. The molecule has 0 bridgehead atoms. The van der Waals surface area contributed by atoms with E-state index in [1.165, 1.54) is 11.1 Å². The van der Waals surface area contributed by atoms with E-state index < -0.39 is 0 Å². The van der Waals surface area contributed by atoms with Crippen molar-refractivity contribution < 1.29 is 0 Å². The summed E-state index contributed by atoms with van der Waals surface area (Å²) < 4.78 is 0. The first-order chi connectivity index (χ1) is 7.66. The highest BCUT2D eigenvalue weighted by atomic mass is 15.1. The highest BCUT2D eigenvalue weighted by molar-refractivity contribution is 5.35. The van der Waals surface area contributed by atoms with Crippen molar-refractivity contribution >= 4 is 0 Å². The Morgan fingerprint density at radius 1 is 1.31 bits per heavy atom. The summed E-state index contributed by atoms with van der Waals surface area (Å²) in [6.07, 6.45) is 1.90. The van der Waals surface area contributed by atoms with Gasteiger partial charge in [-0.3, -0.25) is 0 Å². The molecular formula is C14H18N2. The number of likely N-dealkylation sites (tertiary alicyclic amines) is 1. The van der Waals surface area contributed by atoms with E-state index in [1.807, 2.05) is 0 Å². The number of hydrogen-bond donors (Lipinski definition) is 0. The van der Waals surface area contributed by atoms with Gasteiger partial charge in [0.25, 0.3) is 0 Å². The van der Waals surface area contributed by atoms with Gasteiger partial charge in [-0.25, -0.2) is 0 Å². The van der Waals surface area contributed by atoms with Crippen LogP contribution in [0.1, 0.15) is 24.0 Å². The highest BCUT2D eigenvalue weighted by Crippen LogP contribution is 2.34. The van der Waals surface area contributed by atoms with Crippen molar-refractivity contribution in [2.75, 3.05) is 20.1 Å². The van der Waals surface area contributed by atoms with Gasteiger partial charge >= 0.3 is 0 Å². The second kappa shape index (κ2) is 4.27. The van der Waals surface area contributed by atoms with Crippen molar-refractivity contribution in [2.24, 2.45) is 0 Å². The van der Waals surface area contributed by atoms with Crippen molar-refractivity contribution in [1.29, 1.82) is 5.26 Å². The minimum atomic E-state index is -0.251. The molecule has 1 aliphatic heterocycles. The van der Waals surface area contributed by atoms with Crippen molar-refractivity contribution in [3.8, 4) is 6.07 Å². The Balaban J connectivity index is 2.32. The molecule has 0 saturated carbocycles. The molecule has 1 saturated heterocycles. The second-order valence-corrected chi connectivity index (χ2v) is 4.87. The van der Waals surface area contributed by atoms with Gasteiger partial charge in [-0.2, -0.15) is 5.26 Å². The minimum Gasteiger partial charge on any atom is -0.306 e. The summed E-state index contributed by atoms with van der Waals surface area (Å²) in [5.74, 6) is 0. The van der Waals surface area contributed by atoms with Gasteiger partial charge in [-0.1, -0.05) is 29.8 Å². The summed E-state index contributed by atoms with van der Waals surface area (Å²) in [6, 6.07) is 11.0. The van der Waals surface area contributed by atoms with E-state index in [0.717, 1.165) is 25.9 Å². The molecule has 0 spiro atoms. The number of piperidine rings is 1. The number of rotatable bonds is 1. The molecule has 1 heterocycles. The SMILES string of the molecule is Cc1cccc(C2(C#N)CCN(C)CC2)c1. The Morgan fingerprint density at radius 2 is 2.00 bits per heavy atom. The van der Waals surface area contributed by atoms with Gasteiger partial charge in [0.1, 0.15) is 0 Å². The van der Waals surface area contributed by atoms with Crippen molar-refractivity contribution in [3.63, 3.8) is 0 Å². The highest BCUT2D eigenvalue weighted by Gasteiger charge is 2.35. The smallest absolute Gasteiger partial charge is 0.0846 e. The van der Waals surface area contributed by atoms with Crippen LogP contribution in [0, 0.1) is 18.3 Å². The lowest BCUT2D eigenvalue weighted by Gasteiger charge is -2.36. The van der Waals surface area contributed by atoms with Crippen LogP contribution in [0.4, 0.5) is 0 Å². The summed E-state index contributed by atoms with van der Waals surface area (Å²) >= 11 is 0. The maximum atomic E-state index is 9.50. The third-order valence-electron chi connectivity index (χ3n) is 3.63. The van der Waals surface area contributed by atoms with Crippen LogP contribution in [-0.4, -0.2) is 25.0 Å². The molecular weight excluding hydrogens is 196 g/mol. The lowest BCUT2D eigenvalue weighted by molar-refractivity contribution is 0.222. The van der Waals surface area contributed by atoms with Crippen LogP contribution in [0.25, 0.3) is 0 Å². The number of aryl methyl sites for hydroxylation is 1.